The summed E-state index contributed by atoms with van der Waals surface area (Å²) in [6.07, 6.45) is 1.69. The molecule has 3 aromatic carbocycles. The lowest BCUT2D eigenvalue weighted by Crippen LogP contribution is -2.29. The molecule has 5 rings (SSSR count). The van der Waals surface area contributed by atoms with Gasteiger partial charge in [0.1, 0.15) is 17.3 Å². The number of Topliss-reactive ketones (excluding diaryl/α,β-unsaturated/α-hetero) is 1. The van der Waals surface area contributed by atoms with E-state index < -0.39 is 17.7 Å². The molecule has 1 atom stereocenters. The highest BCUT2D eigenvalue weighted by atomic mass is 32.2. The van der Waals surface area contributed by atoms with E-state index in [4.69, 9.17) is 9.47 Å². The van der Waals surface area contributed by atoms with Gasteiger partial charge >= 0.3 is 5.91 Å². The SMILES string of the molecule is CCCOc1ccc(/C(O)=C2\C(=O)C(=O)N(c3nnc(SCc4ccccc4)s3)C2c2cccc(OCCC)c2)cc1. The fraction of sp³-hybridized carbons (Fsp3) is 0.250. The van der Waals surface area contributed by atoms with Gasteiger partial charge in [0.2, 0.25) is 5.13 Å². The van der Waals surface area contributed by atoms with E-state index in [9.17, 15) is 14.7 Å². The van der Waals surface area contributed by atoms with Gasteiger partial charge in [-0.15, -0.1) is 10.2 Å². The monoisotopic (exact) mass is 601 g/mol. The minimum Gasteiger partial charge on any atom is -0.507 e. The molecular formula is C32H31N3O5S2. The maximum Gasteiger partial charge on any atom is 0.301 e. The van der Waals surface area contributed by atoms with Gasteiger partial charge in [-0.25, -0.2) is 0 Å². The van der Waals surface area contributed by atoms with Crippen molar-refractivity contribution < 1.29 is 24.2 Å². The second kappa shape index (κ2) is 13.7. The Bertz CT molecular complexity index is 1570. The van der Waals surface area contributed by atoms with Gasteiger partial charge in [-0.1, -0.05) is 79.4 Å². The van der Waals surface area contributed by atoms with E-state index >= 15 is 0 Å². The predicted octanol–water partition coefficient (Wildman–Crippen LogP) is 7.03. The van der Waals surface area contributed by atoms with Crippen molar-refractivity contribution in [2.75, 3.05) is 18.1 Å². The number of thioether (sulfide) groups is 1. The van der Waals surface area contributed by atoms with Crippen molar-refractivity contribution >= 4 is 45.7 Å². The van der Waals surface area contributed by atoms with Crippen molar-refractivity contribution in [3.63, 3.8) is 0 Å². The summed E-state index contributed by atoms with van der Waals surface area (Å²) in [5, 5.41) is 20.3. The number of ether oxygens (including phenoxy) is 2. The molecule has 0 radical (unpaired) electrons. The van der Waals surface area contributed by atoms with Crippen LogP contribution in [0.25, 0.3) is 5.76 Å². The summed E-state index contributed by atoms with van der Waals surface area (Å²) in [4.78, 5) is 28.5. The largest absolute Gasteiger partial charge is 0.507 e. The summed E-state index contributed by atoms with van der Waals surface area (Å²) in [5.74, 6) is 0.102. The molecule has 4 aromatic rings. The fourth-order valence-corrected chi connectivity index (χ4v) is 6.32. The van der Waals surface area contributed by atoms with Gasteiger partial charge in [0.25, 0.3) is 5.78 Å². The quantitative estimate of drug-likeness (QED) is 0.0607. The standard InChI is InChI=1S/C32H31N3O5S2/c1-3-17-39-24-15-13-22(14-16-24)28(36)26-27(23-11-8-12-25(19-23)40-18-4-2)35(30(38)29(26)37)31-33-34-32(42-31)41-20-21-9-6-5-7-10-21/h5-16,19,27,36H,3-4,17-18,20H2,1-2H3/b28-26+. The third-order valence-corrected chi connectivity index (χ3v) is 8.63. The Balaban J connectivity index is 1.53. The molecule has 0 bridgehead atoms. The van der Waals surface area contributed by atoms with Crippen molar-refractivity contribution in [1.29, 1.82) is 0 Å². The summed E-state index contributed by atoms with van der Waals surface area (Å²) < 4.78 is 12.2. The number of amides is 1. The molecule has 0 saturated carbocycles. The lowest BCUT2D eigenvalue weighted by Gasteiger charge is -2.23. The Kier molecular flexibility index (Phi) is 9.55. The topological polar surface area (TPSA) is 102 Å². The number of ketones is 1. The number of hydrogen-bond acceptors (Lipinski definition) is 9. The molecule has 1 fully saturated rings. The first kappa shape index (κ1) is 29.3. The highest BCUT2D eigenvalue weighted by Gasteiger charge is 2.48. The number of carbonyl (C=O) groups is 2. The van der Waals surface area contributed by atoms with E-state index in [2.05, 4.69) is 10.2 Å². The molecule has 0 spiro atoms. The minimum atomic E-state index is -0.925. The molecule has 1 aromatic heterocycles. The number of anilines is 1. The second-order valence-corrected chi connectivity index (χ2v) is 11.8. The molecule has 1 aliphatic rings. The molecule has 1 unspecified atom stereocenters. The van der Waals surface area contributed by atoms with Gasteiger partial charge in [0.05, 0.1) is 24.8 Å². The number of rotatable bonds is 12. The van der Waals surface area contributed by atoms with Crippen molar-refractivity contribution in [2.45, 2.75) is 42.8 Å². The highest BCUT2D eigenvalue weighted by Crippen LogP contribution is 2.44. The lowest BCUT2D eigenvalue weighted by molar-refractivity contribution is -0.132. The molecule has 8 nitrogen and oxygen atoms in total. The van der Waals surface area contributed by atoms with Crippen LogP contribution in [0.15, 0.2) is 88.8 Å². The van der Waals surface area contributed by atoms with Crippen molar-refractivity contribution in [3.8, 4) is 11.5 Å². The minimum absolute atomic E-state index is 0.0245. The molecule has 0 aliphatic carbocycles. The summed E-state index contributed by atoms with van der Waals surface area (Å²) >= 11 is 2.74. The summed E-state index contributed by atoms with van der Waals surface area (Å²) in [6, 6.07) is 23.1. The van der Waals surface area contributed by atoms with E-state index in [1.807, 2.05) is 62.4 Å². The number of carbonyl (C=O) groups excluding carboxylic acids is 2. The van der Waals surface area contributed by atoms with Gasteiger partial charge in [-0.3, -0.25) is 14.5 Å². The Morgan fingerprint density at radius 3 is 2.33 bits per heavy atom. The molecule has 42 heavy (non-hydrogen) atoms. The van der Waals surface area contributed by atoms with Gasteiger partial charge < -0.3 is 14.6 Å². The van der Waals surface area contributed by atoms with E-state index in [1.54, 1.807) is 30.3 Å². The molecule has 10 heteroatoms. The summed E-state index contributed by atoms with van der Waals surface area (Å²) in [6.45, 7) is 5.12. The molecule has 1 amide bonds. The molecule has 1 N–H and O–H groups in total. The average molecular weight is 602 g/mol. The van der Waals surface area contributed by atoms with Crippen LogP contribution < -0.4 is 14.4 Å². The van der Waals surface area contributed by atoms with Crippen LogP contribution in [-0.4, -0.2) is 40.2 Å². The fourth-order valence-electron chi connectivity index (χ4n) is 4.50. The van der Waals surface area contributed by atoms with Gasteiger partial charge in [0, 0.05) is 11.3 Å². The van der Waals surface area contributed by atoms with E-state index in [1.165, 1.54) is 28.0 Å². The van der Waals surface area contributed by atoms with E-state index in [0.29, 0.717) is 45.9 Å². The molecule has 2 heterocycles. The van der Waals surface area contributed by atoms with Gasteiger partial charge in [0.15, 0.2) is 4.34 Å². The Morgan fingerprint density at radius 1 is 0.905 bits per heavy atom. The van der Waals surface area contributed by atoms with Crippen LogP contribution in [0, 0.1) is 0 Å². The zero-order chi connectivity index (χ0) is 29.5. The van der Waals surface area contributed by atoms with Gasteiger partial charge in [-0.2, -0.15) is 0 Å². The van der Waals surface area contributed by atoms with E-state index in [-0.39, 0.29) is 16.5 Å². The molecule has 216 valence electrons. The number of aliphatic hydroxyl groups is 1. The second-order valence-electron chi connectivity index (χ2n) is 9.59. The summed E-state index contributed by atoms with van der Waals surface area (Å²) in [5.41, 5.74) is 2.12. The number of benzene rings is 3. The number of nitrogens with zero attached hydrogens (tertiary/aromatic N) is 3. The summed E-state index contributed by atoms with van der Waals surface area (Å²) in [7, 11) is 0. The van der Waals surface area contributed by atoms with Gasteiger partial charge in [-0.05, 0) is 60.4 Å². The third-order valence-electron chi connectivity index (χ3n) is 6.50. The third kappa shape index (κ3) is 6.50. The molecular weight excluding hydrogens is 571 g/mol. The number of aromatic nitrogens is 2. The average Bonchev–Trinajstić information content (AvgIpc) is 3.60. The first-order valence-corrected chi connectivity index (χ1v) is 15.6. The van der Waals surface area contributed by atoms with Crippen LogP contribution in [0.3, 0.4) is 0 Å². The Morgan fingerprint density at radius 2 is 1.62 bits per heavy atom. The number of aliphatic hydroxyl groups excluding tert-OH is 1. The zero-order valence-electron chi connectivity index (χ0n) is 23.4. The van der Waals surface area contributed by atoms with Crippen molar-refractivity contribution in [2.24, 2.45) is 0 Å². The highest BCUT2D eigenvalue weighted by molar-refractivity contribution is 8.00. The van der Waals surface area contributed by atoms with Crippen LogP contribution in [0.1, 0.15) is 49.4 Å². The van der Waals surface area contributed by atoms with Crippen LogP contribution in [0.5, 0.6) is 11.5 Å². The zero-order valence-corrected chi connectivity index (χ0v) is 25.0. The van der Waals surface area contributed by atoms with Crippen LogP contribution in [-0.2, 0) is 15.3 Å². The first-order chi connectivity index (χ1) is 20.5. The van der Waals surface area contributed by atoms with Crippen molar-refractivity contribution in [3.05, 3.63) is 101 Å². The predicted molar refractivity (Wildman–Crippen MR) is 165 cm³/mol. The first-order valence-electron chi connectivity index (χ1n) is 13.8. The number of hydrogen-bond donors (Lipinski definition) is 1. The Hall–Kier alpha value is -4.15. The maximum atomic E-state index is 13.6. The van der Waals surface area contributed by atoms with Crippen LogP contribution >= 0.6 is 23.1 Å². The van der Waals surface area contributed by atoms with E-state index in [0.717, 1.165) is 18.4 Å². The normalized spacial score (nSPS) is 16.1. The smallest absolute Gasteiger partial charge is 0.301 e. The van der Waals surface area contributed by atoms with Crippen molar-refractivity contribution in [1.82, 2.24) is 10.2 Å². The molecule has 1 saturated heterocycles. The molecule has 1 aliphatic heterocycles. The Labute approximate surface area is 253 Å². The van der Waals surface area contributed by atoms with Crippen LogP contribution in [0.4, 0.5) is 5.13 Å². The van der Waals surface area contributed by atoms with Crippen LogP contribution in [0.2, 0.25) is 0 Å². The maximum absolute atomic E-state index is 13.6. The lowest BCUT2D eigenvalue weighted by atomic mass is 9.95.